The van der Waals surface area contributed by atoms with E-state index < -0.39 is 5.91 Å². The van der Waals surface area contributed by atoms with Gasteiger partial charge in [0.2, 0.25) is 0 Å². The summed E-state index contributed by atoms with van der Waals surface area (Å²) in [7, 11) is 0. The maximum Gasteiger partial charge on any atom is 0.271 e. The van der Waals surface area contributed by atoms with Crippen molar-refractivity contribution in [2.75, 3.05) is 0 Å². The number of hydrogen-bond acceptors (Lipinski definition) is 4. The number of benzene rings is 2. The first-order valence-corrected chi connectivity index (χ1v) is 8.31. The van der Waals surface area contributed by atoms with Crippen LogP contribution in [0.5, 0.6) is 5.75 Å². The van der Waals surface area contributed by atoms with Gasteiger partial charge in [-0.2, -0.15) is 10.2 Å². The molecule has 0 saturated carbocycles. The van der Waals surface area contributed by atoms with Gasteiger partial charge in [-0.3, -0.25) is 4.79 Å². The zero-order chi connectivity index (χ0) is 18.5. The molecule has 0 aliphatic rings. The molecule has 0 bridgehead atoms. The first-order chi connectivity index (χ1) is 12.5. The number of nitrogens with one attached hydrogen (secondary N) is 1. The van der Waals surface area contributed by atoms with E-state index >= 15 is 0 Å². The van der Waals surface area contributed by atoms with E-state index in [0.29, 0.717) is 28.5 Å². The first-order valence-electron chi connectivity index (χ1n) is 7.94. The van der Waals surface area contributed by atoms with Crippen LogP contribution in [0.1, 0.15) is 27.2 Å². The Hall–Kier alpha value is -3.12. The van der Waals surface area contributed by atoms with Crippen molar-refractivity contribution < 1.29 is 9.90 Å². The first kappa shape index (κ1) is 17.7. The molecule has 3 aromatic rings. The molecule has 0 saturated heterocycles. The summed E-state index contributed by atoms with van der Waals surface area (Å²) in [4.78, 5) is 12.0. The van der Waals surface area contributed by atoms with Crippen molar-refractivity contribution in [3.05, 3.63) is 82.1 Å². The van der Waals surface area contributed by atoms with Crippen molar-refractivity contribution in [3.8, 4) is 5.75 Å². The lowest BCUT2D eigenvalue weighted by molar-refractivity contribution is 0.0954. The number of phenolic OH excluding ortho intramolecular Hbond substituents is 1. The van der Waals surface area contributed by atoms with Crippen LogP contribution in [-0.4, -0.2) is 27.0 Å². The Morgan fingerprint density at radius 1 is 1.27 bits per heavy atom. The number of hydrogen-bond donors (Lipinski definition) is 2. The van der Waals surface area contributed by atoms with Crippen molar-refractivity contribution in [1.29, 1.82) is 0 Å². The molecule has 0 radical (unpaired) electrons. The molecule has 2 N–H and O–H groups in total. The molecule has 7 heteroatoms. The molecule has 0 atom stereocenters. The maximum atomic E-state index is 12.0. The Morgan fingerprint density at radius 2 is 2.04 bits per heavy atom. The second kappa shape index (κ2) is 7.84. The Balaban J connectivity index is 1.71. The fourth-order valence-electron chi connectivity index (χ4n) is 2.44. The number of rotatable bonds is 5. The van der Waals surface area contributed by atoms with Gasteiger partial charge in [-0.1, -0.05) is 48.0 Å². The lowest BCUT2D eigenvalue weighted by atomic mass is 10.2. The Morgan fingerprint density at radius 3 is 2.77 bits per heavy atom. The van der Waals surface area contributed by atoms with Crippen molar-refractivity contribution >= 4 is 23.7 Å². The molecule has 1 amide bonds. The van der Waals surface area contributed by atoms with Gasteiger partial charge in [0, 0.05) is 5.56 Å². The highest BCUT2D eigenvalue weighted by Gasteiger charge is 2.12. The van der Waals surface area contributed by atoms with Gasteiger partial charge in [0.1, 0.15) is 10.9 Å². The SMILES string of the molecule is Cc1nn(Cc2ccccc2)c(Cl)c1/C=N/NC(=O)c1cccc(O)c1. The summed E-state index contributed by atoms with van der Waals surface area (Å²) >= 11 is 6.40. The highest BCUT2D eigenvalue weighted by molar-refractivity contribution is 6.32. The number of phenols is 1. The summed E-state index contributed by atoms with van der Waals surface area (Å²) in [5.74, 6) is -0.412. The smallest absolute Gasteiger partial charge is 0.271 e. The third-order valence-corrected chi connectivity index (χ3v) is 4.15. The van der Waals surface area contributed by atoms with Crippen molar-refractivity contribution in [2.45, 2.75) is 13.5 Å². The van der Waals surface area contributed by atoms with Gasteiger partial charge in [-0.05, 0) is 30.7 Å². The van der Waals surface area contributed by atoms with Crippen LogP contribution in [0.2, 0.25) is 5.15 Å². The number of halogens is 1. The summed E-state index contributed by atoms with van der Waals surface area (Å²) in [6.07, 6.45) is 1.47. The van der Waals surface area contributed by atoms with Crippen molar-refractivity contribution in [1.82, 2.24) is 15.2 Å². The number of amides is 1. The van der Waals surface area contributed by atoms with Gasteiger partial charge in [0.15, 0.2) is 0 Å². The normalized spacial score (nSPS) is 11.0. The van der Waals surface area contributed by atoms with Crippen LogP contribution in [0.3, 0.4) is 0 Å². The second-order valence-corrected chi connectivity index (χ2v) is 6.04. The summed E-state index contributed by atoms with van der Waals surface area (Å²) in [5, 5.41) is 18.2. The minimum Gasteiger partial charge on any atom is -0.508 e. The summed E-state index contributed by atoms with van der Waals surface area (Å²) in [6.45, 7) is 2.37. The Kier molecular flexibility index (Phi) is 5.34. The number of aromatic hydroxyl groups is 1. The standard InChI is InChI=1S/C19H17ClN4O2/c1-13-17(11-21-22-19(26)15-8-5-9-16(25)10-15)18(20)24(23-13)12-14-6-3-2-4-7-14/h2-11,25H,12H2,1H3,(H,22,26)/b21-11+. The van der Waals surface area contributed by atoms with Gasteiger partial charge >= 0.3 is 0 Å². The molecule has 26 heavy (non-hydrogen) atoms. The van der Waals surface area contributed by atoms with E-state index in [1.165, 1.54) is 18.3 Å². The molecule has 2 aromatic carbocycles. The quantitative estimate of drug-likeness (QED) is 0.535. The van der Waals surface area contributed by atoms with Crippen molar-refractivity contribution in [2.24, 2.45) is 5.10 Å². The Bertz CT molecular complexity index is 951. The summed E-state index contributed by atoms with van der Waals surface area (Å²) in [6, 6.07) is 15.9. The Labute approximate surface area is 155 Å². The number of aryl methyl sites for hydroxylation is 1. The van der Waals surface area contributed by atoms with E-state index in [1.807, 2.05) is 37.3 Å². The monoisotopic (exact) mass is 368 g/mol. The zero-order valence-electron chi connectivity index (χ0n) is 14.1. The molecule has 0 aliphatic carbocycles. The van der Waals surface area contributed by atoms with Crippen LogP contribution in [0, 0.1) is 6.92 Å². The minimum absolute atomic E-state index is 0.0164. The van der Waals surface area contributed by atoms with Crippen molar-refractivity contribution in [3.63, 3.8) is 0 Å². The van der Waals surface area contributed by atoms with Gasteiger partial charge in [0.25, 0.3) is 5.91 Å². The maximum absolute atomic E-state index is 12.0. The molecule has 0 spiro atoms. The summed E-state index contributed by atoms with van der Waals surface area (Å²) in [5.41, 5.74) is 5.15. The van der Waals surface area contributed by atoms with Gasteiger partial charge in [-0.25, -0.2) is 10.1 Å². The fraction of sp³-hybridized carbons (Fsp3) is 0.105. The predicted molar refractivity (Wildman–Crippen MR) is 101 cm³/mol. The number of carbonyl (C=O) groups is 1. The van der Waals surface area contributed by atoms with Crippen LogP contribution in [0.15, 0.2) is 59.7 Å². The largest absolute Gasteiger partial charge is 0.508 e. The zero-order valence-corrected chi connectivity index (χ0v) is 14.8. The third kappa shape index (κ3) is 4.10. The molecule has 3 rings (SSSR count). The highest BCUT2D eigenvalue weighted by atomic mass is 35.5. The topological polar surface area (TPSA) is 79.5 Å². The molecular weight excluding hydrogens is 352 g/mol. The molecule has 1 aromatic heterocycles. The van der Waals surface area contributed by atoms with Gasteiger partial charge < -0.3 is 5.11 Å². The molecule has 1 heterocycles. The third-order valence-electron chi connectivity index (χ3n) is 3.75. The molecular formula is C19H17ClN4O2. The predicted octanol–water partition coefficient (Wildman–Crippen LogP) is 3.36. The molecule has 0 fully saturated rings. The van der Waals surface area contributed by atoms with E-state index in [2.05, 4.69) is 15.6 Å². The fourth-order valence-corrected chi connectivity index (χ4v) is 2.73. The second-order valence-electron chi connectivity index (χ2n) is 5.68. The van der Waals surface area contributed by atoms with E-state index in [9.17, 15) is 9.90 Å². The average Bonchev–Trinajstić information content (AvgIpc) is 2.90. The lowest BCUT2D eigenvalue weighted by Crippen LogP contribution is -2.17. The number of aromatic nitrogens is 2. The number of nitrogens with zero attached hydrogens (tertiary/aromatic N) is 3. The van der Waals surface area contributed by atoms with Gasteiger partial charge in [-0.15, -0.1) is 0 Å². The van der Waals surface area contributed by atoms with Crippen LogP contribution in [0.4, 0.5) is 0 Å². The van der Waals surface area contributed by atoms with Crippen LogP contribution in [0.25, 0.3) is 0 Å². The molecule has 0 unspecified atom stereocenters. The van der Waals surface area contributed by atoms with E-state index in [4.69, 9.17) is 11.6 Å². The minimum atomic E-state index is -0.428. The van der Waals surface area contributed by atoms with Gasteiger partial charge in [0.05, 0.1) is 24.0 Å². The summed E-state index contributed by atoms with van der Waals surface area (Å²) < 4.78 is 1.69. The number of hydrazone groups is 1. The van der Waals surface area contributed by atoms with Crippen LogP contribution >= 0.6 is 11.6 Å². The lowest BCUT2D eigenvalue weighted by Gasteiger charge is -2.03. The van der Waals surface area contributed by atoms with E-state index in [-0.39, 0.29) is 5.75 Å². The van der Waals surface area contributed by atoms with E-state index in [1.54, 1.807) is 16.8 Å². The molecule has 132 valence electrons. The number of carbonyl (C=O) groups excluding carboxylic acids is 1. The average molecular weight is 369 g/mol. The highest BCUT2D eigenvalue weighted by Crippen LogP contribution is 2.19. The molecule has 6 nitrogen and oxygen atoms in total. The van der Waals surface area contributed by atoms with E-state index in [0.717, 1.165) is 5.56 Å². The van der Waals surface area contributed by atoms with Crippen LogP contribution in [-0.2, 0) is 6.54 Å². The van der Waals surface area contributed by atoms with Crippen LogP contribution < -0.4 is 5.43 Å². The molecule has 0 aliphatic heterocycles.